The lowest BCUT2D eigenvalue weighted by Crippen LogP contribution is -2.48. The highest BCUT2D eigenvalue weighted by Crippen LogP contribution is 2.28. The van der Waals surface area contributed by atoms with E-state index >= 15 is 0 Å². The first-order chi connectivity index (χ1) is 10.1. The Morgan fingerprint density at radius 3 is 3.00 bits per heavy atom. The van der Waals surface area contributed by atoms with Crippen LogP contribution in [0.25, 0.3) is 0 Å². The maximum Gasteiger partial charge on any atom is 0.315 e. The van der Waals surface area contributed by atoms with Gasteiger partial charge in [0.25, 0.3) is 5.91 Å². The summed E-state index contributed by atoms with van der Waals surface area (Å²) in [6.07, 6.45) is 4.82. The fourth-order valence-electron chi connectivity index (χ4n) is 3.15. The molecule has 0 bridgehead atoms. The number of aryl methyl sites for hydroxylation is 1. The first kappa shape index (κ1) is 13.9. The first-order valence-corrected chi connectivity index (χ1v) is 7.04. The topological polar surface area (TPSA) is 102 Å². The van der Waals surface area contributed by atoms with E-state index in [0.29, 0.717) is 19.0 Å². The number of nitrogens with zero attached hydrogens (tertiary/aromatic N) is 3. The van der Waals surface area contributed by atoms with Crippen LogP contribution in [0.3, 0.4) is 0 Å². The van der Waals surface area contributed by atoms with Crippen molar-refractivity contribution < 1.29 is 14.3 Å². The van der Waals surface area contributed by atoms with Gasteiger partial charge < -0.3 is 25.3 Å². The number of hydrogen-bond donors (Lipinski definition) is 2. The Balaban J connectivity index is 1.74. The van der Waals surface area contributed by atoms with Crippen LogP contribution >= 0.6 is 0 Å². The zero-order chi connectivity index (χ0) is 15.0. The molecule has 2 aliphatic rings. The Kier molecular flexibility index (Phi) is 3.54. The predicted octanol–water partition coefficient (Wildman–Crippen LogP) is -0.540. The minimum absolute atomic E-state index is 0.0529. The Hall–Kier alpha value is -2.09. The number of hydrogen-bond acceptors (Lipinski definition) is 4. The maximum atomic E-state index is 12.2. The molecule has 0 radical (unpaired) electrons. The van der Waals surface area contributed by atoms with Crippen molar-refractivity contribution in [2.45, 2.75) is 31.0 Å². The number of ether oxygens (including phenoxy) is 1. The zero-order valence-electron chi connectivity index (χ0n) is 11.9. The number of carbonyl (C=O) groups excluding carboxylic acids is 2. The number of nitrogens with two attached hydrogens (primary N) is 1. The van der Waals surface area contributed by atoms with Gasteiger partial charge in [-0.1, -0.05) is 0 Å². The van der Waals surface area contributed by atoms with E-state index < -0.39 is 6.03 Å². The van der Waals surface area contributed by atoms with E-state index in [2.05, 4.69) is 10.3 Å². The van der Waals surface area contributed by atoms with Crippen LogP contribution in [0.1, 0.15) is 23.5 Å². The third-order valence-electron chi connectivity index (χ3n) is 4.15. The van der Waals surface area contributed by atoms with Crippen molar-refractivity contribution in [3.05, 3.63) is 18.2 Å². The molecule has 8 heteroatoms. The minimum Gasteiger partial charge on any atom is -0.374 e. The Morgan fingerprint density at radius 1 is 1.52 bits per heavy atom. The van der Waals surface area contributed by atoms with Gasteiger partial charge in [0.15, 0.2) is 5.82 Å². The fourth-order valence-corrected chi connectivity index (χ4v) is 3.15. The normalized spacial score (nSPS) is 28.2. The van der Waals surface area contributed by atoms with E-state index in [1.165, 1.54) is 0 Å². The summed E-state index contributed by atoms with van der Waals surface area (Å²) in [5.41, 5.74) is 5.42. The molecule has 3 rings (SSSR count). The number of rotatable bonds is 2. The number of amides is 3. The van der Waals surface area contributed by atoms with Gasteiger partial charge in [-0.2, -0.15) is 0 Å². The van der Waals surface area contributed by atoms with Crippen LogP contribution in [0.15, 0.2) is 12.4 Å². The van der Waals surface area contributed by atoms with E-state index in [4.69, 9.17) is 10.5 Å². The summed E-state index contributed by atoms with van der Waals surface area (Å²) in [5.74, 6) is 0.0617. The van der Waals surface area contributed by atoms with Crippen LogP contribution in [-0.2, 0) is 11.8 Å². The van der Waals surface area contributed by atoms with E-state index in [1.54, 1.807) is 28.9 Å². The molecule has 2 saturated heterocycles. The van der Waals surface area contributed by atoms with Crippen molar-refractivity contribution >= 4 is 11.9 Å². The number of likely N-dealkylation sites (tertiary alicyclic amines) is 1. The van der Waals surface area contributed by atoms with Gasteiger partial charge in [0.1, 0.15) is 0 Å². The number of imidazole rings is 1. The van der Waals surface area contributed by atoms with Crippen LogP contribution in [0.4, 0.5) is 4.79 Å². The van der Waals surface area contributed by atoms with Crippen LogP contribution in [0, 0.1) is 0 Å². The minimum atomic E-state index is -0.468. The lowest BCUT2D eigenvalue weighted by Gasteiger charge is -2.31. The summed E-state index contributed by atoms with van der Waals surface area (Å²) in [7, 11) is 1.76. The Labute approximate surface area is 122 Å². The summed E-state index contributed by atoms with van der Waals surface area (Å²) >= 11 is 0. The molecule has 0 aliphatic carbocycles. The Bertz CT molecular complexity index is 558. The molecule has 2 fully saturated rings. The summed E-state index contributed by atoms with van der Waals surface area (Å²) in [4.78, 5) is 29.4. The molecule has 114 valence electrons. The molecule has 1 aromatic rings. The third-order valence-corrected chi connectivity index (χ3v) is 4.15. The molecule has 0 saturated carbocycles. The van der Waals surface area contributed by atoms with Crippen molar-refractivity contribution in [1.82, 2.24) is 19.8 Å². The Morgan fingerprint density at radius 2 is 2.33 bits per heavy atom. The van der Waals surface area contributed by atoms with Crippen molar-refractivity contribution in [1.29, 1.82) is 0 Å². The predicted molar refractivity (Wildman–Crippen MR) is 73.5 cm³/mol. The van der Waals surface area contributed by atoms with Crippen molar-refractivity contribution in [3.63, 3.8) is 0 Å². The molecule has 3 atom stereocenters. The second-order valence-corrected chi connectivity index (χ2v) is 5.48. The summed E-state index contributed by atoms with van der Waals surface area (Å²) in [6.45, 7) is 1.02. The number of fused-ring (bicyclic) bond motifs is 1. The zero-order valence-corrected chi connectivity index (χ0v) is 11.9. The monoisotopic (exact) mass is 293 g/mol. The van der Waals surface area contributed by atoms with Gasteiger partial charge >= 0.3 is 6.03 Å². The molecule has 2 aliphatic heterocycles. The first-order valence-electron chi connectivity index (χ1n) is 7.04. The van der Waals surface area contributed by atoms with Gasteiger partial charge in [-0.3, -0.25) is 4.79 Å². The SMILES string of the molecule is Cn1ccnc1C(=O)N[C@@H]1CN(C(N)=O)[C@H]2CCCO[C@@H]12. The number of urea groups is 1. The highest BCUT2D eigenvalue weighted by Gasteiger charge is 2.46. The van der Waals surface area contributed by atoms with E-state index in [1.807, 2.05) is 0 Å². The lowest BCUT2D eigenvalue weighted by molar-refractivity contribution is -0.0141. The number of primary amides is 1. The fraction of sp³-hybridized carbons (Fsp3) is 0.615. The maximum absolute atomic E-state index is 12.2. The lowest BCUT2D eigenvalue weighted by atomic mass is 10.0. The average molecular weight is 293 g/mol. The van der Waals surface area contributed by atoms with E-state index in [-0.39, 0.29) is 24.1 Å². The van der Waals surface area contributed by atoms with Crippen LogP contribution in [0.5, 0.6) is 0 Å². The second-order valence-electron chi connectivity index (χ2n) is 5.48. The van der Waals surface area contributed by atoms with Gasteiger partial charge in [-0.15, -0.1) is 0 Å². The van der Waals surface area contributed by atoms with Gasteiger partial charge in [-0.25, -0.2) is 9.78 Å². The molecule has 8 nitrogen and oxygen atoms in total. The number of aromatic nitrogens is 2. The van der Waals surface area contributed by atoms with Gasteiger partial charge in [0.2, 0.25) is 0 Å². The van der Waals surface area contributed by atoms with E-state index in [9.17, 15) is 9.59 Å². The van der Waals surface area contributed by atoms with Crippen LogP contribution < -0.4 is 11.1 Å². The molecular formula is C13H19N5O3. The van der Waals surface area contributed by atoms with Crippen molar-refractivity contribution in [2.75, 3.05) is 13.2 Å². The standard InChI is InChI=1S/C13H19N5O3/c1-17-5-4-15-11(17)12(19)16-8-7-18(13(14)20)9-3-2-6-21-10(8)9/h4-5,8-10H,2-3,6-7H2,1H3,(H2,14,20)(H,16,19)/t8-,9+,10+/m1/s1. The summed E-state index contributed by atoms with van der Waals surface area (Å²) in [6, 6.07) is -0.779. The van der Waals surface area contributed by atoms with Gasteiger partial charge in [-0.05, 0) is 12.8 Å². The molecule has 3 amide bonds. The highest BCUT2D eigenvalue weighted by molar-refractivity contribution is 5.91. The summed E-state index contributed by atoms with van der Waals surface area (Å²) < 4.78 is 7.40. The molecular weight excluding hydrogens is 274 g/mol. The molecule has 0 unspecified atom stereocenters. The van der Waals surface area contributed by atoms with E-state index in [0.717, 1.165) is 12.8 Å². The average Bonchev–Trinajstić information content (AvgIpc) is 3.03. The highest BCUT2D eigenvalue weighted by atomic mass is 16.5. The van der Waals surface area contributed by atoms with Crippen LogP contribution in [-0.4, -0.2) is 57.7 Å². The molecule has 21 heavy (non-hydrogen) atoms. The molecule has 1 aromatic heterocycles. The second kappa shape index (κ2) is 5.36. The third kappa shape index (κ3) is 2.46. The quantitative estimate of drug-likeness (QED) is 0.764. The number of nitrogens with one attached hydrogen (secondary N) is 1. The van der Waals surface area contributed by atoms with Crippen molar-refractivity contribution in [3.8, 4) is 0 Å². The van der Waals surface area contributed by atoms with Gasteiger partial charge in [0.05, 0.1) is 18.2 Å². The molecule has 3 heterocycles. The van der Waals surface area contributed by atoms with Crippen molar-refractivity contribution in [2.24, 2.45) is 12.8 Å². The largest absolute Gasteiger partial charge is 0.374 e. The smallest absolute Gasteiger partial charge is 0.315 e. The van der Waals surface area contributed by atoms with Gasteiger partial charge in [0, 0.05) is 32.6 Å². The molecule has 0 aromatic carbocycles. The summed E-state index contributed by atoms with van der Waals surface area (Å²) in [5, 5.41) is 2.91. The molecule has 0 spiro atoms. The number of carbonyl (C=O) groups is 2. The van der Waals surface area contributed by atoms with Crippen LogP contribution in [0.2, 0.25) is 0 Å². The molecule has 3 N–H and O–H groups in total.